The second-order valence-electron chi connectivity index (χ2n) is 7.45. The molecule has 0 aliphatic carbocycles. The van der Waals surface area contributed by atoms with Crippen LogP contribution in [0.25, 0.3) is 27.8 Å². The van der Waals surface area contributed by atoms with Gasteiger partial charge in [-0.15, -0.1) is 0 Å². The highest BCUT2D eigenvalue weighted by Crippen LogP contribution is 2.29. The maximum Gasteiger partial charge on any atom is 0.335 e. The highest BCUT2D eigenvalue weighted by molar-refractivity contribution is 5.94. The van der Waals surface area contributed by atoms with Gasteiger partial charge >= 0.3 is 5.97 Å². The zero-order valence-corrected chi connectivity index (χ0v) is 14.9. The van der Waals surface area contributed by atoms with Crippen LogP contribution < -0.4 is 0 Å². The van der Waals surface area contributed by atoms with Gasteiger partial charge in [0.25, 0.3) is 0 Å². The normalized spacial score (nSPS) is 12.0. The number of imidazole rings is 1. The van der Waals surface area contributed by atoms with Gasteiger partial charge in [-0.2, -0.15) is 0 Å². The molecule has 0 bridgehead atoms. The number of nitrogens with zero attached hydrogens (tertiary/aromatic N) is 3. The molecule has 0 amide bonds. The first-order valence-corrected chi connectivity index (χ1v) is 8.44. The SMILES string of the molecule is CC(C)(C)c1ccc(-c2nc3cc(C(=O)O)ccc3n3cncc23)cc1. The first-order chi connectivity index (χ1) is 12.3. The third-order valence-electron chi connectivity index (χ3n) is 4.62. The summed E-state index contributed by atoms with van der Waals surface area (Å²) < 4.78 is 1.95. The molecule has 2 aromatic carbocycles. The molecule has 0 saturated heterocycles. The molecule has 0 saturated carbocycles. The van der Waals surface area contributed by atoms with Crippen LogP contribution in [0.1, 0.15) is 36.7 Å². The lowest BCUT2D eigenvalue weighted by Crippen LogP contribution is -2.10. The van der Waals surface area contributed by atoms with E-state index in [9.17, 15) is 9.90 Å². The quantitative estimate of drug-likeness (QED) is 0.579. The molecule has 0 fully saturated rings. The van der Waals surface area contributed by atoms with Crippen LogP contribution in [0.4, 0.5) is 0 Å². The number of aromatic nitrogens is 3. The first kappa shape index (κ1) is 16.3. The van der Waals surface area contributed by atoms with Gasteiger partial charge in [-0.05, 0) is 29.2 Å². The van der Waals surface area contributed by atoms with Crippen LogP contribution in [0, 0.1) is 0 Å². The Morgan fingerprint density at radius 3 is 2.42 bits per heavy atom. The van der Waals surface area contributed by atoms with E-state index in [-0.39, 0.29) is 11.0 Å². The van der Waals surface area contributed by atoms with Gasteiger partial charge in [-0.25, -0.2) is 14.8 Å². The molecule has 4 rings (SSSR count). The minimum Gasteiger partial charge on any atom is -0.478 e. The van der Waals surface area contributed by atoms with Crippen molar-refractivity contribution in [1.82, 2.24) is 14.4 Å². The van der Waals surface area contributed by atoms with Crippen LogP contribution in [0.5, 0.6) is 0 Å². The van der Waals surface area contributed by atoms with Crippen molar-refractivity contribution < 1.29 is 9.90 Å². The third-order valence-corrected chi connectivity index (χ3v) is 4.62. The Bertz CT molecular complexity index is 1140. The van der Waals surface area contributed by atoms with Crippen molar-refractivity contribution in [2.75, 3.05) is 0 Å². The number of hydrogen-bond donors (Lipinski definition) is 1. The molecule has 5 nitrogen and oxygen atoms in total. The van der Waals surface area contributed by atoms with Gasteiger partial charge in [-0.1, -0.05) is 45.0 Å². The Kier molecular flexibility index (Phi) is 3.54. The molecule has 2 heterocycles. The predicted octanol–water partition coefficient (Wildman–Crippen LogP) is 4.55. The topological polar surface area (TPSA) is 67.5 Å². The molecule has 4 aromatic rings. The maximum atomic E-state index is 11.3. The molecular formula is C21H19N3O2. The summed E-state index contributed by atoms with van der Waals surface area (Å²) in [7, 11) is 0. The van der Waals surface area contributed by atoms with E-state index in [2.05, 4.69) is 50.0 Å². The number of hydrogen-bond acceptors (Lipinski definition) is 3. The summed E-state index contributed by atoms with van der Waals surface area (Å²) in [5, 5.41) is 9.26. The molecule has 2 aromatic heterocycles. The van der Waals surface area contributed by atoms with Gasteiger partial charge in [0.2, 0.25) is 0 Å². The van der Waals surface area contributed by atoms with E-state index in [4.69, 9.17) is 4.98 Å². The Morgan fingerprint density at radius 1 is 1.04 bits per heavy atom. The van der Waals surface area contributed by atoms with Crippen molar-refractivity contribution in [3.63, 3.8) is 0 Å². The van der Waals surface area contributed by atoms with Gasteiger partial charge in [0, 0.05) is 5.56 Å². The summed E-state index contributed by atoms with van der Waals surface area (Å²) in [6, 6.07) is 13.3. The van der Waals surface area contributed by atoms with Crippen molar-refractivity contribution in [3.8, 4) is 11.3 Å². The van der Waals surface area contributed by atoms with Crippen molar-refractivity contribution in [3.05, 3.63) is 66.1 Å². The Hall–Kier alpha value is -3.21. The van der Waals surface area contributed by atoms with Gasteiger partial charge in [0.05, 0.1) is 40.3 Å². The molecular weight excluding hydrogens is 326 g/mol. The molecule has 130 valence electrons. The second-order valence-corrected chi connectivity index (χ2v) is 7.45. The van der Waals surface area contributed by atoms with E-state index < -0.39 is 5.97 Å². The van der Waals surface area contributed by atoms with Crippen LogP contribution in [-0.4, -0.2) is 25.4 Å². The lowest BCUT2D eigenvalue weighted by atomic mass is 9.86. The van der Waals surface area contributed by atoms with Gasteiger partial charge in [0.1, 0.15) is 0 Å². The van der Waals surface area contributed by atoms with Crippen LogP contribution in [0.3, 0.4) is 0 Å². The van der Waals surface area contributed by atoms with Crippen LogP contribution in [-0.2, 0) is 5.41 Å². The maximum absolute atomic E-state index is 11.3. The smallest absolute Gasteiger partial charge is 0.335 e. The standard InChI is InChI=1S/C21H19N3O2/c1-21(2,3)15-7-4-13(5-8-15)19-18-11-22-12-24(18)17-9-6-14(20(25)26)10-16(17)23-19/h4-12H,1-3H3,(H,25,26). The zero-order chi connectivity index (χ0) is 18.5. The Morgan fingerprint density at radius 2 is 1.77 bits per heavy atom. The molecule has 0 radical (unpaired) electrons. The lowest BCUT2D eigenvalue weighted by Gasteiger charge is -2.19. The van der Waals surface area contributed by atoms with Crippen LogP contribution >= 0.6 is 0 Å². The molecule has 0 spiro atoms. The molecule has 26 heavy (non-hydrogen) atoms. The van der Waals surface area contributed by atoms with E-state index in [1.807, 2.05) is 4.40 Å². The molecule has 0 aliphatic heterocycles. The molecule has 5 heteroatoms. The van der Waals surface area contributed by atoms with Gasteiger partial charge in [-0.3, -0.25) is 4.40 Å². The second kappa shape index (κ2) is 5.66. The molecule has 0 atom stereocenters. The first-order valence-electron chi connectivity index (χ1n) is 8.44. The van der Waals surface area contributed by atoms with E-state index in [0.29, 0.717) is 5.52 Å². The van der Waals surface area contributed by atoms with E-state index >= 15 is 0 Å². The van der Waals surface area contributed by atoms with Crippen molar-refractivity contribution >= 4 is 22.5 Å². The third kappa shape index (κ3) is 2.62. The fraction of sp³-hybridized carbons (Fsp3) is 0.190. The Labute approximate surface area is 151 Å². The van der Waals surface area contributed by atoms with E-state index in [1.54, 1.807) is 30.7 Å². The average molecular weight is 345 g/mol. The molecule has 1 N–H and O–H groups in total. The number of rotatable bonds is 2. The summed E-state index contributed by atoms with van der Waals surface area (Å²) in [6.07, 6.45) is 3.51. The van der Waals surface area contributed by atoms with E-state index in [1.165, 1.54) is 5.56 Å². The number of fused-ring (bicyclic) bond motifs is 3. The molecule has 0 aliphatic rings. The summed E-state index contributed by atoms with van der Waals surface area (Å²) in [6.45, 7) is 6.54. The number of carboxylic acids is 1. The number of aromatic carboxylic acids is 1. The number of carbonyl (C=O) groups is 1. The summed E-state index contributed by atoms with van der Waals surface area (Å²) in [4.78, 5) is 20.3. The fourth-order valence-corrected chi connectivity index (χ4v) is 3.13. The molecule has 0 unspecified atom stereocenters. The van der Waals surface area contributed by atoms with Crippen molar-refractivity contribution in [2.45, 2.75) is 26.2 Å². The highest BCUT2D eigenvalue weighted by Gasteiger charge is 2.16. The minimum atomic E-state index is -0.962. The van der Waals surface area contributed by atoms with Crippen LogP contribution in [0.2, 0.25) is 0 Å². The van der Waals surface area contributed by atoms with Crippen molar-refractivity contribution in [1.29, 1.82) is 0 Å². The summed E-state index contributed by atoms with van der Waals surface area (Å²) in [5.74, 6) is -0.962. The van der Waals surface area contributed by atoms with Crippen LogP contribution in [0.15, 0.2) is 55.0 Å². The lowest BCUT2D eigenvalue weighted by molar-refractivity contribution is 0.0697. The monoisotopic (exact) mass is 345 g/mol. The summed E-state index contributed by atoms with van der Waals surface area (Å²) in [5.41, 5.74) is 5.67. The zero-order valence-electron chi connectivity index (χ0n) is 14.9. The minimum absolute atomic E-state index is 0.0810. The number of benzene rings is 2. The van der Waals surface area contributed by atoms with Gasteiger partial charge < -0.3 is 5.11 Å². The fourth-order valence-electron chi connectivity index (χ4n) is 3.13. The Balaban J connectivity index is 1.95. The van der Waals surface area contributed by atoms with E-state index in [0.717, 1.165) is 22.3 Å². The number of carboxylic acid groups (broad SMARTS) is 1. The summed E-state index contributed by atoms with van der Waals surface area (Å²) >= 11 is 0. The average Bonchev–Trinajstić information content (AvgIpc) is 3.09. The van der Waals surface area contributed by atoms with Gasteiger partial charge in [0.15, 0.2) is 0 Å². The largest absolute Gasteiger partial charge is 0.478 e. The predicted molar refractivity (Wildman–Crippen MR) is 102 cm³/mol. The van der Waals surface area contributed by atoms with Crippen molar-refractivity contribution in [2.24, 2.45) is 0 Å². The highest BCUT2D eigenvalue weighted by atomic mass is 16.4.